The number of halogens is 5. The van der Waals surface area contributed by atoms with E-state index in [4.69, 9.17) is 11.5 Å². The molecule has 0 saturated carbocycles. The van der Waals surface area contributed by atoms with Gasteiger partial charge < -0.3 is 16.2 Å². The summed E-state index contributed by atoms with van der Waals surface area (Å²) in [6, 6.07) is -1.81. The fourth-order valence-corrected chi connectivity index (χ4v) is 2.05. The van der Waals surface area contributed by atoms with Gasteiger partial charge in [0.15, 0.2) is 12.0 Å². The predicted octanol–water partition coefficient (Wildman–Crippen LogP) is 0.772. The normalized spacial score (nSPS) is 11.6. The molecule has 0 unspecified atom stereocenters. The predicted molar refractivity (Wildman–Crippen MR) is 76.9 cm³/mol. The molecule has 1 aromatic carbocycles. The van der Waals surface area contributed by atoms with Crippen molar-refractivity contribution in [2.24, 2.45) is 20.8 Å². The van der Waals surface area contributed by atoms with Crippen LogP contribution in [-0.4, -0.2) is 32.9 Å². The van der Waals surface area contributed by atoms with Gasteiger partial charge in [0, 0.05) is 6.54 Å². The Morgan fingerprint density at radius 3 is 1.96 bits per heavy atom. The van der Waals surface area contributed by atoms with Gasteiger partial charge >= 0.3 is 16.5 Å². The zero-order chi connectivity index (χ0) is 20.0. The van der Waals surface area contributed by atoms with Gasteiger partial charge in [-0.3, -0.25) is 4.99 Å². The number of benzene rings is 1. The number of hydrogen-bond acceptors (Lipinski definition) is 6. The molecule has 1 aromatic rings. The highest BCUT2D eigenvalue weighted by Gasteiger charge is 2.30. The molecule has 0 aliphatic carbocycles. The molecule has 1 atom stereocenters. The first-order valence-corrected chi connectivity index (χ1v) is 7.68. The van der Waals surface area contributed by atoms with E-state index in [9.17, 15) is 35.2 Å². The molecule has 0 aromatic heterocycles. The van der Waals surface area contributed by atoms with E-state index in [2.05, 4.69) is 14.1 Å². The molecule has 0 bridgehead atoms. The Hall–Kier alpha value is -2.77. The lowest BCUT2D eigenvalue weighted by atomic mass is 10.1. The number of rotatable bonds is 7. The van der Waals surface area contributed by atoms with Crippen molar-refractivity contribution in [2.75, 3.05) is 6.54 Å². The SMILES string of the molecule is NC(N)=NCCC[C@H](N=S(=O)=O)C(=O)Oc1c(F)c(F)c(F)c(F)c1F. The number of hydrogen-bond donors (Lipinski definition) is 2. The van der Waals surface area contributed by atoms with E-state index >= 15 is 0 Å². The minimum Gasteiger partial charge on any atom is -0.418 e. The van der Waals surface area contributed by atoms with E-state index in [0.717, 1.165) is 0 Å². The number of nitrogens with zero attached hydrogens (tertiary/aromatic N) is 2. The van der Waals surface area contributed by atoms with E-state index in [1.165, 1.54) is 0 Å². The molecule has 4 N–H and O–H groups in total. The van der Waals surface area contributed by atoms with Crippen molar-refractivity contribution in [2.45, 2.75) is 18.9 Å². The molecule has 0 spiro atoms. The summed E-state index contributed by atoms with van der Waals surface area (Å²) in [6.07, 6.45) is -0.353. The molecule has 0 aliphatic rings. The average Bonchev–Trinajstić information content (AvgIpc) is 2.57. The van der Waals surface area contributed by atoms with Crippen LogP contribution in [0.1, 0.15) is 12.8 Å². The van der Waals surface area contributed by atoms with Gasteiger partial charge in [0.05, 0.1) is 0 Å². The minimum atomic E-state index is -3.12. The van der Waals surface area contributed by atoms with Gasteiger partial charge in [-0.2, -0.15) is 21.6 Å². The lowest BCUT2D eigenvalue weighted by Crippen LogP contribution is -2.26. The zero-order valence-electron chi connectivity index (χ0n) is 12.7. The number of aliphatic imine (C=N–C) groups is 1. The molecule has 1 rings (SSSR count). The van der Waals surface area contributed by atoms with Crippen LogP contribution in [-0.2, 0) is 15.3 Å². The van der Waals surface area contributed by atoms with Crippen molar-refractivity contribution in [3.05, 3.63) is 29.1 Å². The highest BCUT2D eigenvalue weighted by Crippen LogP contribution is 2.29. The molecular weight excluding hydrogens is 391 g/mol. The van der Waals surface area contributed by atoms with Crippen molar-refractivity contribution in [3.8, 4) is 5.75 Å². The summed E-state index contributed by atoms with van der Waals surface area (Å²) in [7, 11) is -3.12. The third kappa shape index (κ3) is 5.37. The van der Waals surface area contributed by atoms with Gasteiger partial charge in [-0.15, -0.1) is 0 Å². The monoisotopic (exact) mass is 402 g/mol. The van der Waals surface area contributed by atoms with Gasteiger partial charge in [0.2, 0.25) is 34.8 Å². The van der Waals surface area contributed by atoms with E-state index < -0.39 is 57.3 Å². The highest BCUT2D eigenvalue weighted by molar-refractivity contribution is 7.61. The van der Waals surface area contributed by atoms with Crippen molar-refractivity contribution < 1.29 is 39.9 Å². The van der Waals surface area contributed by atoms with Crippen LogP contribution in [0.25, 0.3) is 0 Å². The van der Waals surface area contributed by atoms with Crippen molar-refractivity contribution in [1.82, 2.24) is 0 Å². The summed E-state index contributed by atoms with van der Waals surface area (Å²) in [5, 5.41) is 0. The number of carbonyl (C=O) groups excluding carboxylic acids is 1. The summed E-state index contributed by atoms with van der Waals surface area (Å²) >= 11 is 0. The number of carbonyl (C=O) groups is 1. The van der Waals surface area contributed by atoms with Crippen LogP contribution in [0, 0.1) is 29.1 Å². The fraction of sp³-hybridized carbons (Fsp3) is 0.333. The Bertz CT molecular complexity index is 834. The largest absolute Gasteiger partial charge is 0.418 e. The molecule has 0 aliphatic heterocycles. The molecule has 14 heteroatoms. The highest BCUT2D eigenvalue weighted by atomic mass is 32.2. The van der Waals surface area contributed by atoms with Crippen molar-refractivity contribution in [1.29, 1.82) is 0 Å². The lowest BCUT2D eigenvalue weighted by molar-refractivity contribution is -0.136. The second-order valence-corrected chi connectivity index (χ2v) is 5.25. The first-order valence-electron chi connectivity index (χ1n) is 6.65. The van der Waals surface area contributed by atoms with Crippen LogP contribution in [0.5, 0.6) is 5.75 Å². The van der Waals surface area contributed by atoms with E-state index in [-0.39, 0.29) is 25.3 Å². The summed E-state index contributed by atoms with van der Waals surface area (Å²) < 4.78 is 94.4. The molecular formula is C12H11F5N4O4S. The average molecular weight is 402 g/mol. The first-order chi connectivity index (χ1) is 12.1. The zero-order valence-corrected chi connectivity index (χ0v) is 13.5. The smallest absolute Gasteiger partial charge is 0.337 e. The molecule has 0 heterocycles. The molecule has 0 radical (unpaired) electrons. The minimum absolute atomic E-state index is 0.00449. The third-order valence-electron chi connectivity index (χ3n) is 2.79. The van der Waals surface area contributed by atoms with Gasteiger partial charge in [0.25, 0.3) is 0 Å². The second-order valence-electron chi connectivity index (χ2n) is 4.61. The third-order valence-corrected chi connectivity index (χ3v) is 3.21. The lowest BCUT2D eigenvalue weighted by Gasteiger charge is -2.12. The molecule has 8 nitrogen and oxygen atoms in total. The summed E-state index contributed by atoms with van der Waals surface area (Å²) in [4.78, 5) is 15.4. The van der Waals surface area contributed by atoms with Gasteiger partial charge in [-0.25, -0.2) is 18.0 Å². The van der Waals surface area contributed by atoms with Crippen LogP contribution in [0.3, 0.4) is 0 Å². The van der Waals surface area contributed by atoms with Crippen LogP contribution >= 0.6 is 0 Å². The molecule has 26 heavy (non-hydrogen) atoms. The Kier molecular flexibility index (Phi) is 7.42. The van der Waals surface area contributed by atoms with Crippen LogP contribution in [0.15, 0.2) is 9.36 Å². The molecule has 0 fully saturated rings. The van der Waals surface area contributed by atoms with Gasteiger partial charge in [-0.1, -0.05) is 0 Å². The molecule has 0 amide bonds. The Balaban J connectivity index is 3.08. The quantitative estimate of drug-likeness (QED) is 0.101. The Morgan fingerprint density at radius 2 is 1.50 bits per heavy atom. The number of guanidine groups is 1. The van der Waals surface area contributed by atoms with Crippen LogP contribution < -0.4 is 16.2 Å². The van der Waals surface area contributed by atoms with Crippen LogP contribution in [0.2, 0.25) is 0 Å². The molecule has 0 saturated heterocycles. The topological polar surface area (TPSA) is 137 Å². The van der Waals surface area contributed by atoms with E-state index in [0.29, 0.717) is 0 Å². The van der Waals surface area contributed by atoms with Gasteiger partial charge in [-0.05, 0) is 12.8 Å². The first kappa shape index (κ1) is 21.3. The maximum Gasteiger partial charge on any atom is 0.337 e. The second kappa shape index (κ2) is 9.07. The maximum atomic E-state index is 13.5. The molecule has 144 valence electrons. The summed E-state index contributed by atoms with van der Waals surface area (Å²) in [5.74, 6) is -15.7. The van der Waals surface area contributed by atoms with Crippen molar-refractivity contribution in [3.63, 3.8) is 0 Å². The Labute approximate surface area is 144 Å². The van der Waals surface area contributed by atoms with Crippen molar-refractivity contribution >= 4 is 22.4 Å². The fourth-order valence-electron chi connectivity index (χ4n) is 1.65. The number of esters is 1. The standard InChI is InChI=1S/C12H11F5N4O4S/c13-5-6(14)8(16)10(9(17)7(5)15)25-11(22)4(21-26(23)24)2-1-3-20-12(18)19/h4H,1-3H2,(H4,18,19,20)/t4-/m0/s1. The number of nitrogens with two attached hydrogens (primary N) is 2. The number of ether oxygens (including phenoxy) is 1. The Morgan fingerprint density at radius 1 is 1.00 bits per heavy atom. The summed E-state index contributed by atoms with van der Waals surface area (Å²) in [5.41, 5.74) is 10.1. The van der Waals surface area contributed by atoms with E-state index in [1.54, 1.807) is 0 Å². The van der Waals surface area contributed by atoms with E-state index in [1.807, 2.05) is 0 Å². The maximum absolute atomic E-state index is 13.5. The van der Waals surface area contributed by atoms with Gasteiger partial charge in [0.1, 0.15) is 0 Å². The summed E-state index contributed by atoms with van der Waals surface area (Å²) in [6.45, 7) is -0.0460. The van der Waals surface area contributed by atoms with Crippen LogP contribution in [0.4, 0.5) is 22.0 Å².